The Morgan fingerprint density at radius 1 is 0.765 bits per heavy atom. The maximum atomic E-state index is 13.5. The lowest BCUT2D eigenvalue weighted by atomic mass is 10.0. The second-order valence-electron chi connectivity index (χ2n) is 6.70. The van der Waals surface area contributed by atoms with Crippen LogP contribution < -0.4 is 19.5 Å². The van der Waals surface area contributed by atoms with Gasteiger partial charge in [0.05, 0.1) is 52.5 Å². The van der Waals surface area contributed by atoms with Crippen LogP contribution in [0.3, 0.4) is 0 Å². The molecule has 3 aromatic rings. The molecule has 0 aliphatic rings. The Labute approximate surface area is 216 Å². The molecular formula is C23H16Cl4O6P+. The zero-order valence-electron chi connectivity index (χ0n) is 18.0. The third-order valence-corrected chi connectivity index (χ3v) is 7.81. The van der Waals surface area contributed by atoms with E-state index in [1.54, 1.807) is 12.1 Å². The van der Waals surface area contributed by atoms with Gasteiger partial charge < -0.3 is 14.2 Å². The predicted octanol–water partition coefficient (Wildman–Crippen LogP) is 6.85. The molecule has 0 saturated heterocycles. The summed E-state index contributed by atoms with van der Waals surface area (Å²) in [6, 6.07) is 10.1. The highest BCUT2D eigenvalue weighted by atomic mass is 35.5. The van der Waals surface area contributed by atoms with E-state index < -0.39 is 19.1 Å². The summed E-state index contributed by atoms with van der Waals surface area (Å²) in [5, 5.41) is -0.224. The van der Waals surface area contributed by atoms with Gasteiger partial charge in [-0.25, -0.2) is 4.79 Å². The van der Waals surface area contributed by atoms with Gasteiger partial charge in [-0.15, -0.1) is 0 Å². The van der Waals surface area contributed by atoms with E-state index in [9.17, 15) is 14.2 Å². The predicted molar refractivity (Wildman–Crippen MR) is 134 cm³/mol. The van der Waals surface area contributed by atoms with Crippen molar-refractivity contribution < 1.29 is 28.4 Å². The molecule has 0 bridgehead atoms. The van der Waals surface area contributed by atoms with Gasteiger partial charge in [-0.05, 0) is 18.2 Å². The van der Waals surface area contributed by atoms with Gasteiger partial charge in [0, 0.05) is 12.1 Å². The van der Waals surface area contributed by atoms with Crippen molar-refractivity contribution in [3.63, 3.8) is 0 Å². The van der Waals surface area contributed by atoms with Gasteiger partial charge in [-0.2, -0.15) is 0 Å². The summed E-state index contributed by atoms with van der Waals surface area (Å²) in [6.07, 6.45) is 0. The molecule has 0 aliphatic carbocycles. The molecule has 3 aromatic carbocycles. The molecule has 0 radical (unpaired) electrons. The summed E-state index contributed by atoms with van der Waals surface area (Å²) < 4.78 is 29.3. The van der Waals surface area contributed by atoms with E-state index in [-0.39, 0.29) is 53.6 Å². The number of ether oxygens (including phenoxy) is 3. The summed E-state index contributed by atoms with van der Waals surface area (Å²) in [7, 11) is 1.33. The van der Waals surface area contributed by atoms with E-state index in [4.69, 9.17) is 60.6 Å². The summed E-state index contributed by atoms with van der Waals surface area (Å²) in [4.78, 5) is 26.8. The standard InChI is InChI=1S/C23H16Cl4O6P/c1-31-11-8-15(32-2)18(16(9-11)33-3)23(29)34(30)17-7-5-4-6-12(17)22(28)19-20(26)13(24)10-14(25)21(19)27/h4-10H,1-3H3/q+1. The number of carbonyl (C=O) groups excluding carboxylic acids is 2. The topological polar surface area (TPSA) is 78.9 Å². The zero-order valence-corrected chi connectivity index (χ0v) is 21.9. The number of carbonyl (C=O) groups is 2. The van der Waals surface area contributed by atoms with Crippen LogP contribution in [0.1, 0.15) is 26.3 Å². The molecular weight excluding hydrogens is 545 g/mol. The van der Waals surface area contributed by atoms with Crippen molar-refractivity contribution in [3.05, 3.63) is 79.2 Å². The number of rotatable bonds is 8. The fourth-order valence-corrected chi connectivity index (χ4v) is 5.42. The number of hydrogen-bond acceptors (Lipinski definition) is 6. The minimum absolute atomic E-state index is 0.0186. The number of benzene rings is 3. The molecule has 0 N–H and O–H groups in total. The third kappa shape index (κ3) is 4.88. The van der Waals surface area contributed by atoms with Crippen LogP contribution in [0.15, 0.2) is 42.5 Å². The molecule has 0 aromatic heterocycles. The Morgan fingerprint density at radius 2 is 1.29 bits per heavy atom. The number of methoxy groups -OCH3 is 3. The fourth-order valence-electron chi connectivity index (χ4n) is 3.18. The van der Waals surface area contributed by atoms with Crippen molar-refractivity contribution in [2.75, 3.05) is 21.3 Å². The molecule has 1 unspecified atom stereocenters. The molecule has 0 heterocycles. The minimum atomic E-state index is -2.81. The Hall–Kier alpha value is -2.34. The van der Waals surface area contributed by atoms with Crippen LogP contribution in [0.4, 0.5) is 0 Å². The molecule has 0 amide bonds. The van der Waals surface area contributed by atoms with Crippen LogP contribution in [0, 0.1) is 0 Å². The van der Waals surface area contributed by atoms with Crippen molar-refractivity contribution in [2.45, 2.75) is 0 Å². The van der Waals surface area contributed by atoms with E-state index in [1.165, 1.54) is 51.7 Å². The molecule has 6 nitrogen and oxygen atoms in total. The first-order valence-corrected chi connectivity index (χ1v) is 12.2. The van der Waals surface area contributed by atoms with Crippen molar-refractivity contribution in [2.24, 2.45) is 0 Å². The SMILES string of the molecule is COc1cc(OC)c(C(=O)[P+](=O)c2ccccc2C(=O)c2c(Cl)c(Cl)cc(Cl)c2Cl)c(OC)c1. The molecule has 11 heteroatoms. The zero-order chi connectivity index (χ0) is 25.2. The van der Waals surface area contributed by atoms with Crippen molar-refractivity contribution in [1.29, 1.82) is 0 Å². The van der Waals surface area contributed by atoms with Gasteiger partial charge in [0.2, 0.25) is 11.1 Å². The van der Waals surface area contributed by atoms with Gasteiger partial charge in [-0.3, -0.25) is 4.79 Å². The molecule has 0 aliphatic heterocycles. The van der Waals surface area contributed by atoms with Crippen LogP contribution >= 0.6 is 54.2 Å². The minimum Gasteiger partial charge on any atom is -0.496 e. The monoisotopic (exact) mass is 559 g/mol. The quantitative estimate of drug-likeness (QED) is 0.170. The van der Waals surface area contributed by atoms with E-state index in [2.05, 4.69) is 0 Å². The summed E-state index contributed by atoms with van der Waals surface area (Å²) in [6.45, 7) is 0. The molecule has 3 rings (SSSR count). The third-order valence-electron chi connectivity index (χ3n) is 4.82. The van der Waals surface area contributed by atoms with Crippen molar-refractivity contribution in [1.82, 2.24) is 0 Å². The lowest BCUT2D eigenvalue weighted by Gasteiger charge is -2.12. The molecule has 1 atom stereocenters. The van der Waals surface area contributed by atoms with Gasteiger partial charge in [0.25, 0.3) is 0 Å². The van der Waals surface area contributed by atoms with E-state index in [0.717, 1.165) is 0 Å². The highest BCUT2D eigenvalue weighted by molar-refractivity contribution is 7.71. The highest BCUT2D eigenvalue weighted by Crippen LogP contribution is 2.42. The lowest BCUT2D eigenvalue weighted by molar-refractivity contribution is 0.103. The Balaban J connectivity index is 2.15. The first kappa shape index (κ1) is 26.3. The van der Waals surface area contributed by atoms with E-state index in [1.807, 2.05) is 0 Å². The van der Waals surface area contributed by atoms with Gasteiger partial charge in [0.15, 0.2) is 5.56 Å². The van der Waals surface area contributed by atoms with E-state index in [0.29, 0.717) is 5.75 Å². The van der Waals surface area contributed by atoms with Crippen LogP contribution in [0.25, 0.3) is 0 Å². The summed E-state index contributed by atoms with van der Waals surface area (Å²) >= 11 is 24.6. The molecule has 34 heavy (non-hydrogen) atoms. The number of halogens is 4. The van der Waals surface area contributed by atoms with Gasteiger partial charge in [0.1, 0.15) is 17.2 Å². The normalized spacial score (nSPS) is 11.1. The van der Waals surface area contributed by atoms with Crippen molar-refractivity contribution >= 4 is 70.8 Å². The summed E-state index contributed by atoms with van der Waals surface area (Å²) in [5.41, 5.74) is -1.08. The molecule has 0 spiro atoms. The van der Waals surface area contributed by atoms with Crippen molar-refractivity contribution in [3.8, 4) is 17.2 Å². The van der Waals surface area contributed by atoms with Crippen LogP contribution in [-0.4, -0.2) is 32.6 Å². The summed E-state index contributed by atoms with van der Waals surface area (Å²) in [5.74, 6) is -0.125. The fraction of sp³-hybridized carbons (Fsp3) is 0.130. The number of hydrogen-bond donors (Lipinski definition) is 0. The van der Waals surface area contributed by atoms with Gasteiger partial charge >= 0.3 is 13.3 Å². The first-order valence-electron chi connectivity index (χ1n) is 9.44. The average molecular weight is 561 g/mol. The Bertz CT molecular complexity index is 1270. The second-order valence-corrected chi connectivity index (χ2v) is 9.74. The van der Waals surface area contributed by atoms with Crippen LogP contribution in [0.2, 0.25) is 20.1 Å². The largest absolute Gasteiger partial charge is 0.496 e. The molecule has 176 valence electrons. The van der Waals surface area contributed by atoms with Crippen LogP contribution in [-0.2, 0) is 4.57 Å². The Kier molecular flexibility index (Phi) is 8.45. The lowest BCUT2D eigenvalue weighted by Crippen LogP contribution is -2.17. The Morgan fingerprint density at radius 3 is 1.79 bits per heavy atom. The van der Waals surface area contributed by atoms with Crippen LogP contribution in [0.5, 0.6) is 17.2 Å². The van der Waals surface area contributed by atoms with E-state index >= 15 is 0 Å². The number of ketones is 1. The molecule has 0 saturated carbocycles. The second kappa shape index (κ2) is 10.9. The average Bonchev–Trinajstić information content (AvgIpc) is 2.85. The highest BCUT2D eigenvalue weighted by Gasteiger charge is 2.41. The van der Waals surface area contributed by atoms with Gasteiger partial charge in [-0.1, -0.05) is 63.1 Å². The first-order chi connectivity index (χ1) is 16.2. The maximum Gasteiger partial charge on any atom is 0.459 e. The smallest absolute Gasteiger partial charge is 0.459 e. The maximum absolute atomic E-state index is 13.5. The molecule has 0 fully saturated rings.